The second kappa shape index (κ2) is 15.0. The molecule has 0 radical (unpaired) electrons. The molecule has 3 heterocycles. The first-order valence-corrected chi connectivity index (χ1v) is 16.9. The highest BCUT2D eigenvalue weighted by atomic mass is 35.5. The molecular weight excluding hydrogens is 671 g/mol. The molecule has 50 heavy (non-hydrogen) atoms. The van der Waals surface area contributed by atoms with E-state index in [1.54, 1.807) is 43.7 Å². The molecule has 1 atom stereocenters. The average molecular weight is 713 g/mol. The van der Waals surface area contributed by atoms with Gasteiger partial charge in [0, 0.05) is 49.7 Å². The maximum Gasteiger partial charge on any atom is 0.405 e. The zero-order chi connectivity index (χ0) is 36.3. The Hall–Kier alpha value is -4.85. The number of carbonyl (C=O) groups is 3. The zero-order valence-electron chi connectivity index (χ0n) is 28.5. The van der Waals surface area contributed by atoms with Crippen LogP contribution in [0.4, 0.5) is 19.7 Å². The Morgan fingerprint density at radius 2 is 1.82 bits per heavy atom. The van der Waals surface area contributed by atoms with Crippen LogP contribution in [0.25, 0.3) is 11.1 Å². The van der Waals surface area contributed by atoms with Crippen LogP contribution in [0.5, 0.6) is 5.75 Å². The van der Waals surface area contributed by atoms with Gasteiger partial charge >= 0.3 is 17.8 Å². The lowest BCUT2D eigenvalue weighted by atomic mass is 9.89. The summed E-state index contributed by atoms with van der Waals surface area (Å²) in [6.45, 7) is 5.90. The summed E-state index contributed by atoms with van der Waals surface area (Å²) in [5.41, 5.74) is 4.55. The number of fused-ring (bicyclic) bond motifs is 1. The van der Waals surface area contributed by atoms with Crippen LogP contribution in [0.15, 0.2) is 52.2 Å². The lowest BCUT2D eigenvalue weighted by Gasteiger charge is -2.38. The number of methoxy groups -OCH3 is 1. The number of aromatic nitrogens is 2. The van der Waals surface area contributed by atoms with Crippen LogP contribution in [0.2, 0.25) is 5.02 Å². The van der Waals surface area contributed by atoms with E-state index in [0.29, 0.717) is 44.6 Å². The minimum atomic E-state index is -0.994. The molecule has 3 aromatic rings. The maximum absolute atomic E-state index is 14.5. The van der Waals surface area contributed by atoms with Gasteiger partial charge in [0.2, 0.25) is 5.91 Å². The molecule has 0 saturated carbocycles. The van der Waals surface area contributed by atoms with Crippen molar-refractivity contribution in [2.45, 2.75) is 71.2 Å². The fourth-order valence-corrected chi connectivity index (χ4v) is 6.69. The van der Waals surface area contributed by atoms with Gasteiger partial charge in [-0.1, -0.05) is 30.7 Å². The van der Waals surface area contributed by atoms with Crippen molar-refractivity contribution in [1.82, 2.24) is 18.9 Å². The molecule has 4 amide bonds. The largest absolute Gasteiger partial charge is 0.497 e. The summed E-state index contributed by atoms with van der Waals surface area (Å²) in [6, 6.07) is 9.27. The van der Waals surface area contributed by atoms with Crippen LogP contribution in [0.1, 0.15) is 45.6 Å². The van der Waals surface area contributed by atoms with E-state index in [1.165, 1.54) is 18.3 Å². The van der Waals surface area contributed by atoms with Crippen LogP contribution >= 0.6 is 11.6 Å². The Kier molecular flexibility index (Phi) is 10.9. The number of likely N-dealkylation sites (tertiary alicyclic amines) is 1. The number of anilines is 1. The SMILES string of the molecule is COc1ccc2c(c1)CCN(C1CCN(C(=O)Cn3cc(-c4cccc(F)c4Cl)c(=O)n(CCC(C)C(C)(C)OC(N)=O)c3=O)CC1)C(=O)N2. The van der Waals surface area contributed by atoms with E-state index >= 15 is 0 Å². The molecule has 268 valence electrons. The second-order valence-corrected chi connectivity index (χ2v) is 13.6. The summed E-state index contributed by atoms with van der Waals surface area (Å²) in [4.78, 5) is 69.1. The number of carbonyl (C=O) groups excluding carboxylic acids is 3. The van der Waals surface area contributed by atoms with Crippen molar-refractivity contribution in [2.24, 2.45) is 11.7 Å². The average Bonchev–Trinajstić information content (AvgIpc) is 3.24. The number of nitrogens with two attached hydrogens (primary N) is 1. The summed E-state index contributed by atoms with van der Waals surface area (Å²) >= 11 is 6.26. The molecule has 0 aliphatic carbocycles. The molecule has 1 aromatic heterocycles. The first-order valence-electron chi connectivity index (χ1n) is 16.5. The molecule has 2 aliphatic heterocycles. The third-order valence-electron chi connectivity index (χ3n) is 9.82. The highest BCUT2D eigenvalue weighted by Gasteiger charge is 2.33. The fraction of sp³-hybridized carbons (Fsp3) is 0.457. The molecule has 0 bridgehead atoms. The monoisotopic (exact) mass is 712 g/mol. The Bertz CT molecular complexity index is 1900. The molecule has 1 saturated heterocycles. The number of hydrogen-bond acceptors (Lipinski definition) is 7. The van der Waals surface area contributed by atoms with Crippen molar-refractivity contribution in [2.75, 3.05) is 32.1 Å². The minimum absolute atomic E-state index is 0.0494. The van der Waals surface area contributed by atoms with Gasteiger partial charge in [-0.05, 0) is 75.3 Å². The van der Waals surface area contributed by atoms with Gasteiger partial charge in [-0.25, -0.2) is 18.8 Å². The standard InChI is InChI=1S/C35H42ClFN6O7/c1-21(35(2,3)50-32(38)46)10-16-43-31(45)26(25-6-5-7-27(37)30(25)36)19-41(34(43)48)20-29(44)40-14-12-23(13-15-40)42-17-11-22-18-24(49-4)8-9-28(22)39-33(42)47/h5-9,18-19,21,23H,10-17,20H2,1-4H3,(H2,38,46)(H,39,47). The Morgan fingerprint density at radius 1 is 1.10 bits per heavy atom. The molecule has 1 fully saturated rings. The number of primary amides is 1. The fourth-order valence-electron chi connectivity index (χ4n) is 6.47. The summed E-state index contributed by atoms with van der Waals surface area (Å²) < 4.78 is 27.2. The third-order valence-corrected chi connectivity index (χ3v) is 10.2. The van der Waals surface area contributed by atoms with Gasteiger partial charge in [0.1, 0.15) is 23.7 Å². The highest BCUT2D eigenvalue weighted by Crippen LogP contribution is 2.30. The van der Waals surface area contributed by atoms with Gasteiger partial charge in [0.25, 0.3) is 5.56 Å². The molecule has 2 aromatic carbocycles. The Morgan fingerprint density at radius 3 is 2.50 bits per heavy atom. The zero-order valence-corrected chi connectivity index (χ0v) is 29.3. The van der Waals surface area contributed by atoms with Gasteiger partial charge in [-0.2, -0.15) is 0 Å². The lowest BCUT2D eigenvalue weighted by molar-refractivity contribution is -0.133. The molecule has 1 unspecified atom stereocenters. The number of nitrogens with one attached hydrogen (secondary N) is 1. The van der Waals surface area contributed by atoms with Gasteiger partial charge in [-0.15, -0.1) is 0 Å². The molecule has 13 nitrogen and oxygen atoms in total. The number of halogens is 2. The highest BCUT2D eigenvalue weighted by molar-refractivity contribution is 6.33. The van der Waals surface area contributed by atoms with Crippen molar-refractivity contribution >= 4 is 35.3 Å². The number of nitrogens with zero attached hydrogens (tertiary/aromatic N) is 4. The molecular formula is C35H42ClFN6O7. The van der Waals surface area contributed by atoms with E-state index in [2.05, 4.69) is 5.32 Å². The topological polar surface area (TPSA) is 158 Å². The van der Waals surface area contributed by atoms with E-state index in [0.717, 1.165) is 26.5 Å². The second-order valence-electron chi connectivity index (χ2n) is 13.2. The van der Waals surface area contributed by atoms with Crippen molar-refractivity contribution in [3.05, 3.63) is 79.8 Å². The van der Waals surface area contributed by atoms with Crippen molar-refractivity contribution in [1.29, 1.82) is 0 Å². The number of piperidine rings is 1. The molecule has 0 spiro atoms. The molecule has 2 aliphatic rings. The Labute approximate surface area is 293 Å². The number of rotatable bonds is 10. The molecule has 5 rings (SSSR count). The summed E-state index contributed by atoms with van der Waals surface area (Å²) in [7, 11) is 1.60. The minimum Gasteiger partial charge on any atom is -0.497 e. The predicted octanol–water partition coefficient (Wildman–Crippen LogP) is 4.46. The van der Waals surface area contributed by atoms with Crippen LogP contribution in [0.3, 0.4) is 0 Å². The normalized spacial score (nSPS) is 15.9. The summed E-state index contributed by atoms with van der Waals surface area (Å²) in [5, 5.41) is 2.70. The van der Waals surface area contributed by atoms with Crippen LogP contribution in [-0.2, 0) is 29.0 Å². The Balaban J connectivity index is 1.33. The first kappa shape index (κ1) is 36.4. The third kappa shape index (κ3) is 7.80. The number of urea groups is 1. The smallest absolute Gasteiger partial charge is 0.405 e. The van der Waals surface area contributed by atoms with Crippen LogP contribution in [-0.4, -0.2) is 75.4 Å². The van der Waals surface area contributed by atoms with E-state index < -0.39 is 28.8 Å². The number of benzene rings is 2. The quantitative estimate of drug-likeness (QED) is 0.314. The lowest BCUT2D eigenvalue weighted by Crippen LogP contribution is -2.51. The van der Waals surface area contributed by atoms with Crippen molar-refractivity contribution < 1.29 is 28.2 Å². The summed E-state index contributed by atoms with van der Waals surface area (Å²) in [6.07, 6.45) is 2.25. The van der Waals surface area contributed by atoms with Crippen LogP contribution in [0, 0.1) is 11.7 Å². The van der Waals surface area contributed by atoms with Crippen LogP contribution < -0.4 is 27.0 Å². The van der Waals surface area contributed by atoms with E-state index in [4.69, 9.17) is 26.8 Å². The van der Waals surface area contributed by atoms with Gasteiger partial charge in [0.05, 0.1) is 17.7 Å². The summed E-state index contributed by atoms with van der Waals surface area (Å²) in [5.74, 6) is -0.710. The first-order chi connectivity index (χ1) is 23.7. The predicted molar refractivity (Wildman–Crippen MR) is 186 cm³/mol. The molecule has 3 N–H and O–H groups in total. The van der Waals surface area contributed by atoms with Crippen molar-refractivity contribution in [3.8, 4) is 16.9 Å². The van der Waals surface area contributed by atoms with E-state index in [9.17, 15) is 28.4 Å². The van der Waals surface area contributed by atoms with Gasteiger partial charge < -0.3 is 30.3 Å². The van der Waals surface area contributed by atoms with Gasteiger partial charge in [0.15, 0.2) is 0 Å². The number of amides is 4. The van der Waals surface area contributed by atoms with Crippen molar-refractivity contribution in [3.63, 3.8) is 0 Å². The maximum atomic E-state index is 14.5. The van der Waals surface area contributed by atoms with Gasteiger partial charge in [-0.3, -0.25) is 18.7 Å². The number of ether oxygens (including phenoxy) is 2. The number of hydrogen-bond donors (Lipinski definition) is 2. The van der Waals surface area contributed by atoms with E-state index in [-0.39, 0.29) is 59.6 Å². The van der Waals surface area contributed by atoms with E-state index in [1.807, 2.05) is 12.1 Å². The molecule has 15 heteroatoms.